The number of nitrogens with zero attached hydrogens (tertiary/aromatic N) is 2. The highest BCUT2D eigenvalue weighted by Gasteiger charge is 2.11. The zero-order valence-electron chi connectivity index (χ0n) is 16.3. The first kappa shape index (κ1) is 20.6. The first-order valence-electron chi connectivity index (χ1n) is 9.52. The van der Waals surface area contributed by atoms with Crippen LogP contribution >= 0.6 is 11.6 Å². The molecule has 0 aliphatic carbocycles. The van der Waals surface area contributed by atoms with Crippen LogP contribution in [-0.4, -0.2) is 16.0 Å². The number of carbonyl (C=O) groups excluding carboxylic acids is 1. The van der Waals surface area contributed by atoms with Crippen LogP contribution < -0.4 is 10.6 Å². The van der Waals surface area contributed by atoms with Gasteiger partial charge >= 0.3 is 0 Å². The second-order valence-corrected chi connectivity index (χ2v) is 7.21. The number of halogens is 2. The highest BCUT2D eigenvalue weighted by Crippen LogP contribution is 2.22. The van der Waals surface area contributed by atoms with Crippen molar-refractivity contribution < 1.29 is 13.7 Å². The molecule has 1 amide bonds. The molecule has 0 spiro atoms. The molecule has 3 aromatic carbocycles. The second kappa shape index (κ2) is 9.40. The molecule has 4 rings (SSSR count). The molecular formula is C23H18ClFN4O2. The second-order valence-electron chi connectivity index (χ2n) is 6.78. The quantitative estimate of drug-likeness (QED) is 0.409. The van der Waals surface area contributed by atoms with Crippen molar-refractivity contribution in [2.75, 3.05) is 10.6 Å². The smallest absolute Gasteiger partial charge is 0.246 e. The van der Waals surface area contributed by atoms with Gasteiger partial charge in [0.25, 0.3) is 0 Å². The normalized spacial score (nSPS) is 10.6. The third kappa shape index (κ3) is 5.46. The summed E-state index contributed by atoms with van der Waals surface area (Å²) in [4.78, 5) is 16.6. The van der Waals surface area contributed by atoms with Crippen molar-refractivity contribution in [1.29, 1.82) is 0 Å². The van der Waals surface area contributed by atoms with Crippen LogP contribution in [0, 0.1) is 5.82 Å². The van der Waals surface area contributed by atoms with Crippen molar-refractivity contribution in [2.45, 2.75) is 13.0 Å². The molecule has 4 aromatic rings. The van der Waals surface area contributed by atoms with Gasteiger partial charge in [0, 0.05) is 16.3 Å². The van der Waals surface area contributed by atoms with Crippen LogP contribution in [0.5, 0.6) is 0 Å². The predicted molar refractivity (Wildman–Crippen MR) is 117 cm³/mol. The Labute approximate surface area is 183 Å². The minimum Gasteiger partial charge on any atom is -0.376 e. The molecule has 1 heterocycles. The lowest BCUT2D eigenvalue weighted by molar-refractivity contribution is -0.115. The van der Waals surface area contributed by atoms with Gasteiger partial charge < -0.3 is 15.2 Å². The Bertz CT molecular complexity index is 1180. The summed E-state index contributed by atoms with van der Waals surface area (Å²) in [6.45, 7) is 0.240. The Balaban J connectivity index is 1.38. The molecule has 0 bridgehead atoms. The molecule has 0 atom stereocenters. The highest BCUT2D eigenvalue weighted by molar-refractivity contribution is 6.30. The standard InChI is InChI=1S/C23H18ClFN4O2/c24-17-8-6-16(7-9-17)23-28-22(31-29-23)14-26-18-10-11-19(25)20(13-18)27-21(30)12-15-4-2-1-3-5-15/h1-11,13,26H,12,14H2,(H,27,30). The summed E-state index contributed by atoms with van der Waals surface area (Å²) in [5.74, 6) is -0.00749. The molecule has 0 saturated carbocycles. The summed E-state index contributed by atoms with van der Waals surface area (Å²) >= 11 is 5.89. The van der Waals surface area contributed by atoms with Crippen LogP contribution in [-0.2, 0) is 17.8 Å². The van der Waals surface area contributed by atoms with Crippen LogP contribution in [0.15, 0.2) is 77.3 Å². The Morgan fingerprint density at radius 2 is 1.81 bits per heavy atom. The average molecular weight is 437 g/mol. The summed E-state index contributed by atoms with van der Waals surface area (Å²) in [5, 5.41) is 10.3. The predicted octanol–water partition coefficient (Wildman–Crippen LogP) is 5.32. The number of carbonyl (C=O) groups is 1. The molecule has 0 aliphatic heterocycles. The number of hydrogen-bond acceptors (Lipinski definition) is 5. The summed E-state index contributed by atoms with van der Waals surface area (Å²) in [6, 6.07) is 20.7. The maximum absolute atomic E-state index is 14.2. The van der Waals surface area contributed by atoms with Crippen LogP contribution in [0.4, 0.5) is 15.8 Å². The van der Waals surface area contributed by atoms with E-state index in [1.54, 1.807) is 30.3 Å². The van der Waals surface area contributed by atoms with Gasteiger partial charge in [-0.2, -0.15) is 4.98 Å². The van der Waals surface area contributed by atoms with E-state index in [4.69, 9.17) is 16.1 Å². The summed E-state index contributed by atoms with van der Waals surface area (Å²) in [7, 11) is 0. The van der Waals surface area contributed by atoms with Gasteiger partial charge in [-0.3, -0.25) is 4.79 Å². The van der Waals surface area contributed by atoms with Gasteiger partial charge in [0.2, 0.25) is 17.6 Å². The molecule has 0 aliphatic rings. The van der Waals surface area contributed by atoms with Gasteiger partial charge in [0.05, 0.1) is 18.7 Å². The van der Waals surface area contributed by atoms with Gasteiger partial charge in [-0.15, -0.1) is 0 Å². The summed E-state index contributed by atoms with van der Waals surface area (Å²) < 4.78 is 19.4. The number of nitrogens with one attached hydrogen (secondary N) is 2. The molecule has 31 heavy (non-hydrogen) atoms. The summed E-state index contributed by atoms with van der Waals surface area (Å²) in [6.07, 6.45) is 0.160. The van der Waals surface area contributed by atoms with Crippen LogP contribution in [0.25, 0.3) is 11.4 Å². The molecule has 0 saturated heterocycles. The van der Waals surface area contributed by atoms with Gasteiger partial charge in [-0.1, -0.05) is 47.1 Å². The lowest BCUT2D eigenvalue weighted by atomic mass is 10.1. The minimum absolute atomic E-state index is 0.0957. The largest absolute Gasteiger partial charge is 0.376 e. The van der Waals surface area contributed by atoms with E-state index in [0.29, 0.717) is 22.4 Å². The van der Waals surface area contributed by atoms with Crippen molar-refractivity contribution in [3.63, 3.8) is 0 Å². The van der Waals surface area contributed by atoms with Crippen molar-refractivity contribution >= 4 is 28.9 Å². The number of amides is 1. The van der Waals surface area contributed by atoms with Crippen molar-refractivity contribution in [3.05, 3.63) is 95.1 Å². The number of benzene rings is 3. The fraction of sp³-hybridized carbons (Fsp3) is 0.0870. The molecule has 2 N–H and O–H groups in total. The number of rotatable bonds is 7. The van der Waals surface area contributed by atoms with E-state index in [2.05, 4.69) is 20.8 Å². The fourth-order valence-electron chi connectivity index (χ4n) is 2.93. The van der Waals surface area contributed by atoms with Crippen molar-refractivity contribution in [1.82, 2.24) is 10.1 Å². The number of anilines is 2. The van der Waals surface area contributed by atoms with E-state index in [9.17, 15) is 9.18 Å². The first-order chi connectivity index (χ1) is 15.1. The number of hydrogen-bond donors (Lipinski definition) is 2. The van der Waals surface area contributed by atoms with E-state index in [1.807, 2.05) is 30.3 Å². The Morgan fingerprint density at radius 3 is 2.58 bits per heavy atom. The Morgan fingerprint density at radius 1 is 1.03 bits per heavy atom. The lowest BCUT2D eigenvalue weighted by Gasteiger charge is -2.10. The number of aromatic nitrogens is 2. The van der Waals surface area contributed by atoms with Gasteiger partial charge in [0.1, 0.15) is 5.82 Å². The minimum atomic E-state index is -0.519. The molecule has 0 radical (unpaired) electrons. The van der Waals surface area contributed by atoms with Gasteiger partial charge in [-0.25, -0.2) is 4.39 Å². The Hall–Kier alpha value is -3.71. The molecule has 0 fully saturated rings. The van der Waals surface area contributed by atoms with Gasteiger partial charge in [-0.05, 0) is 48.0 Å². The maximum Gasteiger partial charge on any atom is 0.246 e. The molecule has 1 aromatic heterocycles. The van der Waals surface area contributed by atoms with E-state index >= 15 is 0 Å². The third-order valence-corrected chi connectivity index (χ3v) is 4.71. The monoisotopic (exact) mass is 436 g/mol. The highest BCUT2D eigenvalue weighted by atomic mass is 35.5. The topological polar surface area (TPSA) is 80.0 Å². The first-order valence-corrected chi connectivity index (χ1v) is 9.90. The molecule has 156 valence electrons. The SMILES string of the molecule is O=C(Cc1ccccc1)Nc1cc(NCc2nc(-c3ccc(Cl)cc3)no2)ccc1F. The Kier molecular flexibility index (Phi) is 6.24. The zero-order chi connectivity index (χ0) is 21.6. The van der Waals surface area contributed by atoms with Crippen LogP contribution in [0.3, 0.4) is 0 Å². The zero-order valence-corrected chi connectivity index (χ0v) is 17.1. The van der Waals surface area contributed by atoms with Gasteiger partial charge in [0.15, 0.2) is 0 Å². The van der Waals surface area contributed by atoms with Crippen LogP contribution in [0.2, 0.25) is 5.02 Å². The average Bonchev–Trinajstić information content (AvgIpc) is 3.24. The molecule has 0 unspecified atom stereocenters. The molecular weight excluding hydrogens is 419 g/mol. The fourth-order valence-corrected chi connectivity index (χ4v) is 3.05. The van der Waals surface area contributed by atoms with E-state index in [0.717, 1.165) is 11.1 Å². The third-order valence-electron chi connectivity index (χ3n) is 4.46. The molecule has 8 heteroatoms. The van der Waals surface area contributed by atoms with Crippen molar-refractivity contribution in [3.8, 4) is 11.4 Å². The maximum atomic E-state index is 14.2. The van der Waals surface area contributed by atoms with E-state index in [-0.39, 0.29) is 24.6 Å². The van der Waals surface area contributed by atoms with Crippen LogP contribution in [0.1, 0.15) is 11.5 Å². The van der Waals surface area contributed by atoms with E-state index in [1.165, 1.54) is 12.1 Å². The lowest BCUT2D eigenvalue weighted by Crippen LogP contribution is -2.15. The van der Waals surface area contributed by atoms with Crippen molar-refractivity contribution in [2.24, 2.45) is 0 Å². The molecule has 6 nitrogen and oxygen atoms in total. The summed E-state index contributed by atoms with van der Waals surface area (Å²) in [5.41, 5.74) is 2.33. The van der Waals surface area contributed by atoms with E-state index < -0.39 is 5.82 Å².